The second-order valence-electron chi connectivity index (χ2n) is 8.74. The molecule has 0 heterocycles. The average Bonchev–Trinajstić information content (AvgIpc) is 2.85. The standard InChI is InChI=1S/C30H36O2/c1-3-29(23-15-19-27(20-16-23)31-25-11-7-5-8-12-25)30(4-2)24-17-21-28(22-18-24)32-26-13-9-6-10-14-26/h7,9,11,13,15-22,25-26H,3-6,8,10,12,14H2,1-2H3. The molecule has 0 saturated carbocycles. The fraction of sp³-hybridized carbons (Fsp3) is 0.400. The molecule has 2 nitrogen and oxygen atoms in total. The van der Waals surface area contributed by atoms with E-state index in [-0.39, 0.29) is 12.2 Å². The molecule has 2 aliphatic rings. The van der Waals surface area contributed by atoms with Crippen LogP contribution in [0.4, 0.5) is 0 Å². The lowest BCUT2D eigenvalue weighted by Crippen LogP contribution is -2.15. The van der Waals surface area contributed by atoms with Gasteiger partial charge in [-0.3, -0.25) is 0 Å². The van der Waals surface area contributed by atoms with Crippen LogP contribution in [0.5, 0.6) is 11.5 Å². The molecule has 0 spiro atoms. The maximum Gasteiger partial charge on any atom is 0.120 e. The van der Waals surface area contributed by atoms with Crippen LogP contribution in [0.15, 0.2) is 72.8 Å². The highest BCUT2D eigenvalue weighted by Gasteiger charge is 2.13. The molecule has 0 aromatic heterocycles. The fourth-order valence-electron chi connectivity index (χ4n) is 4.76. The van der Waals surface area contributed by atoms with Gasteiger partial charge in [-0.15, -0.1) is 0 Å². The summed E-state index contributed by atoms with van der Waals surface area (Å²) in [6, 6.07) is 17.3. The van der Waals surface area contributed by atoms with Gasteiger partial charge in [-0.2, -0.15) is 0 Å². The smallest absolute Gasteiger partial charge is 0.120 e. The first-order chi connectivity index (χ1) is 15.8. The molecule has 2 aromatic carbocycles. The van der Waals surface area contributed by atoms with Gasteiger partial charge < -0.3 is 9.47 Å². The SMILES string of the molecule is CCC(=C(CC)c1ccc(OC2C=CCCC2)cc1)c1ccc(OC2C=CCCC2)cc1. The summed E-state index contributed by atoms with van der Waals surface area (Å²) >= 11 is 0. The fourth-order valence-corrected chi connectivity index (χ4v) is 4.76. The predicted octanol–water partition coefficient (Wildman–Crippen LogP) is 8.39. The second kappa shape index (κ2) is 11.2. The summed E-state index contributed by atoms with van der Waals surface area (Å²) in [6.45, 7) is 4.49. The molecule has 4 rings (SSSR count). The van der Waals surface area contributed by atoms with E-state index in [4.69, 9.17) is 9.47 Å². The first kappa shape index (κ1) is 22.5. The zero-order valence-corrected chi connectivity index (χ0v) is 19.6. The third kappa shape index (κ3) is 5.73. The minimum Gasteiger partial charge on any atom is -0.486 e. The second-order valence-corrected chi connectivity index (χ2v) is 8.74. The molecule has 0 amide bonds. The van der Waals surface area contributed by atoms with Crippen molar-refractivity contribution >= 4 is 11.1 Å². The molecule has 2 heteroatoms. The van der Waals surface area contributed by atoms with Gasteiger partial charge in [0.1, 0.15) is 23.7 Å². The summed E-state index contributed by atoms with van der Waals surface area (Å²) < 4.78 is 12.3. The first-order valence-electron chi connectivity index (χ1n) is 12.4. The van der Waals surface area contributed by atoms with Gasteiger partial charge in [-0.25, -0.2) is 0 Å². The number of ether oxygens (including phenoxy) is 2. The molecule has 0 N–H and O–H groups in total. The Balaban J connectivity index is 1.50. The van der Waals surface area contributed by atoms with Crippen molar-refractivity contribution in [1.29, 1.82) is 0 Å². The molecule has 0 saturated heterocycles. The van der Waals surface area contributed by atoms with Crippen molar-refractivity contribution in [2.45, 2.75) is 77.4 Å². The van der Waals surface area contributed by atoms with Crippen LogP contribution < -0.4 is 9.47 Å². The van der Waals surface area contributed by atoms with E-state index in [9.17, 15) is 0 Å². The molecule has 2 atom stereocenters. The summed E-state index contributed by atoms with van der Waals surface area (Å²) in [5, 5.41) is 0. The van der Waals surface area contributed by atoms with Crippen molar-refractivity contribution in [3.8, 4) is 11.5 Å². The van der Waals surface area contributed by atoms with Gasteiger partial charge in [-0.1, -0.05) is 50.3 Å². The van der Waals surface area contributed by atoms with Crippen molar-refractivity contribution in [3.63, 3.8) is 0 Å². The normalized spacial score (nSPS) is 21.2. The van der Waals surface area contributed by atoms with Crippen molar-refractivity contribution in [3.05, 3.63) is 84.0 Å². The number of hydrogen-bond donors (Lipinski definition) is 0. The Morgan fingerprint density at radius 2 is 1.06 bits per heavy atom. The Morgan fingerprint density at radius 3 is 1.38 bits per heavy atom. The molecule has 168 valence electrons. The zero-order valence-electron chi connectivity index (χ0n) is 19.6. The summed E-state index contributed by atoms with van der Waals surface area (Å²) in [7, 11) is 0. The van der Waals surface area contributed by atoms with Crippen LogP contribution in [0.25, 0.3) is 11.1 Å². The lowest BCUT2D eigenvalue weighted by atomic mass is 9.91. The van der Waals surface area contributed by atoms with E-state index in [0.29, 0.717) is 0 Å². The predicted molar refractivity (Wildman–Crippen MR) is 135 cm³/mol. The molecule has 0 bridgehead atoms. The van der Waals surface area contributed by atoms with Gasteiger partial charge >= 0.3 is 0 Å². The molecule has 32 heavy (non-hydrogen) atoms. The number of rotatable bonds is 8. The Bertz CT molecular complexity index is 868. The highest BCUT2D eigenvalue weighted by atomic mass is 16.5. The number of allylic oxidation sites excluding steroid dienone is 4. The van der Waals surface area contributed by atoms with Gasteiger partial charge in [0.15, 0.2) is 0 Å². The van der Waals surface area contributed by atoms with Crippen molar-refractivity contribution in [2.75, 3.05) is 0 Å². The van der Waals surface area contributed by atoms with E-state index < -0.39 is 0 Å². The topological polar surface area (TPSA) is 18.5 Å². The van der Waals surface area contributed by atoms with E-state index >= 15 is 0 Å². The maximum atomic E-state index is 6.15. The van der Waals surface area contributed by atoms with E-state index in [1.165, 1.54) is 48.0 Å². The lowest BCUT2D eigenvalue weighted by Gasteiger charge is -2.20. The lowest BCUT2D eigenvalue weighted by molar-refractivity contribution is 0.229. The van der Waals surface area contributed by atoms with Gasteiger partial charge in [0.2, 0.25) is 0 Å². The third-order valence-electron chi connectivity index (χ3n) is 6.47. The van der Waals surface area contributed by atoms with Gasteiger partial charge in [-0.05, 0) is 110 Å². The summed E-state index contributed by atoms with van der Waals surface area (Å²) in [4.78, 5) is 0. The molecule has 0 fully saturated rings. The van der Waals surface area contributed by atoms with E-state index in [0.717, 1.165) is 37.2 Å². The molecule has 2 aromatic rings. The van der Waals surface area contributed by atoms with Crippen LogP contribution in [0.1, 0.15) is 76.3 Å². The van der Waals surface area contributed by atoms with Crippen molar-refractivity contribution in [1.82, 2.24) is 0 Å². The Morgan fingerprint density at radius 1 is 0.656 bits per heavy atom. The summed E-state index contributed by atoms with van der Waals surface area (Å²) in [5.74, 6) is 1.91. The minimum atomic E-state index is 0.215. The van der Waals surface area contributed by atoms with Crippen molar-refractivity contribution < 1.29 is 9.47 Å². The van der Waals surface area contributed by atoms with Crippen LogP contribution in [0.3, 0.4) is 0 Å². The maximum absolute atomic E-state index is 6.15. The van der Waals surface area contributed by atoms with E-state index in [1.807, 2.05) is 0 Å². The summed E-state index contributed by atoms with van der Waals surface area (Å²) in [6.07, 6.45) is 18.3. The Kier molecular flexibility index (Phi) is 7.87. The largest absolute Gasteiger partial charge is 0.486 e. The molecule has 0 radical (unpaired) electrons. The Hall–Kier alpha value is -2.74. The van der Waals surface area contributed by atoms with E-state index in [1.54, 1.807) is 0 Å². The third-order valence-corrected chi connectivity index (χ3v) is 6.47. The van der Waals surface area contributed by atoms with E-state index in [2.05, 4.69) is 86.7 Å². The van der Waals surface area contributed by atoms with Gasteiger partial charge in [0.25, 0.3) is 0 Å². The van der Waals surface area contributed by atoms with Gasteiger partial charge in [0, 0.05) is 0 Å². The average molecular weight is 429 g/mol. The van der Waals surface area contributed by atoms with Crippen molar-refractivity contribution in [2.24, 2.45) is 0 Å². The van der Waals surface area contributed by atoms with Crippen LogP contribution in [0, 0.1) is 0 Å². The molecule has 2 aliphatic carbocycles. The monoisotopic (exact) mass is 428 g/mol. The number of benzene rings is 2. The quantitative estimate of drug-likeness (QED) is 0.310. The molecular weight excluding hydrogens is 392 g/mol. The number of hydrogen-bond acceptors (Lipinski definition) is 2. The minimum absolute atomic E-state index is 0.215. The highest BCUT2D eigenvalue weighted by molar-refractivity contribution is 5.90. The van der Waals surface area contributed by atoms with Crippen LogP contribution in [-0.4, -0.2) is 12.2 Å². The van der Waals surface area contributed by atoms with Crippen LogP contribution in [-0.2, 0) is 0 Å². The highest BCUT2D eigenvalue weighted by Crippen LogP contribution is 2.33. The molecule has 0 aliphatic heterocycles. The Labute approximate surface area is 193 Å². The summed E-state index contributed by atoms with van der Waals surface area (Å²) in [5.41, 5.74) is 5.37. The first-order valence-corrected chi connectivity index (χ1v) is 12.4. The molecular formula is C30H36O2. The molecule has 2 unspecified atom stereocenters. The van der Waals surface area contributed by atoms with Crippen LogP contribution >= 0.6 is 0 Å². The van der Waals surface area contributed by atoms with Gasteiger partial charge in [0.05, 0.1) is 0 Å². The van der Waals surface area contributed by atoms with Crippen LogP contribution in [0.2, 0.25) is 0 Å². The zero-order chi connectivity index (χ0) is 22.2.